The Labute approximate surface area is 164 Å². The number of halogens is 1. The van der Waals surface area contributed by atoms with Crippen LogP contribution in [0.15, 0.2) is 66.7 Å². The summed E-state index contributed by atoms with van der Waals surface area (Å²) in [5, 5.41) is 3.30. The van der Waals surface area contributed by atoms with Crippen molar-refractivity contribution in [2.45, 2.75) is 20.3 Å². The van der Waals surface area contributed by atoms with Crippen molar-refractivity contribution >= 4 is 29.0 Å². The topological polar surface area (TPSA) is 46.2 Å². The highest BCUT2D eigenvalue weighted by Crippen LogP contribution is 2.22. The number of Topliss-reactive ketones (excluding diaryl/α,β-unsaturated/α-hetero) is 1. The molecule has 0 heterocycles. The van der Waals surface area contributed by atoms with E-state index in [1.54, 1.807) is 24.3 Å². The van der Waals surface area contributed by atoms with Crippen LogP contribution in [0.2, 0.25) is 5.02 Å². The maximum absolute atomic E-state index is 12.6. The van der Waals surface area contributed by atoms with Gasteiger partial charge >= 0.3 is 0 Å². The number of hydrogen-bond donors (Lipinski definition) is 1. The van der Waals surface area contributed by atoms with E-state index in [-0.39, 0.29) is 18.1 Å². The van der Waals surface area contributed by atoms with Crippen LogP contribution in [0.1, 0.15) is 37.4 Å². The van der Waals surface area contributed by atoms with Crippen molar-refractivity contribution in [3.8, 4) is 0 Å². The van der Waals surface area contributed by atoms with Crippen molar-refractivity contribution in [3.05, 3.63) is 99.6 Å². The molecule has 27 heavy (non-hydrogen) atoms. The first-order valence-electron chi connectivity index (χ1n) is 8.70. The number of anilines is 1. The summed E-state index contributed by atoms with van der Waals surface area (Å²) in [7, 11) is 0. The Morgan fingerprint density at radius 3 is 2.22 bits per heavy atom. The third kappa shape index (κ3) is 4.44. The molecule has 1 amide bonds. The summed E-state index contributed by atoms with van der Waals surface area (Å²) >= 11 is 6.10. The zero-order valence-corrected chi connectivity index (χ0v) is 16.0. The van der Waals surface area contributed by atoms with Crippen LogP contribution in [0.5, 0.6) is 0 Å². The summed E-state index contributed by atoms with van der Waals surface area (Å²) in [4.78, 5) is 25.1. The Morgan fingerprint density at radius 2 is 1.52 bits per heavy atom. The average Bonchev–Trinajstić information content (AvgIpc) is 2.65. The smallest absolute Gasteiger partial charge is 0.257 e. The summed E-state index contributed by atoms with van der Waals surface area (Å²) in [5.74, 6) is -0.216. The quantitative estimate of drug-likeness (QED) is 0.585. The SMILES string of the molecule is Cc1ccc(CC(=O)c2ccccc2C)cc1NC(=O)c1ccccc1Cl. The zero-order valence-electron chi connectivity index (χ0n) is 15.3. The van der Waals surface area contributed by atoms with E-state index in [0.29, 0.717) is 16.3 Å². The standard InChI is InChI=1S/C23H20ClNO2/c1-15-7-3-4-8-18(15)22(26)14-17-12-11-16(2)21(13-17)25-23(27)19-9-5-6-10-20(19)24/h3-13H,14H2,1-2H3,(H,25,27). The summed E-state index contributed by atoms with van der Waals surface area (Å²) in [5.41, 5.74) is 4.54. The van der Waals surface area contributed by atoms with Crippen LogP contribution in [-0.2, 0) is 6.42 Å². The average molecular weight is 378 g/mol. The molecule has 0 aliphatic carbocycles. The lowest BCUT2D eigenvalue weighted by Crippen LogP contribution is -2.14. The molecule has 136 valence electrons. The molecule has 0 radical (unpaired) electrons. The first-order chi connectivity index (χ1) is 13.0. The molecule has 0 saturated heterocycles. The summed E-state index contributed by atoms with van der Waals surface area (Å²) in [6.45, 7) is 3.84. The molecular weight excluding hydrogens is 358 g/mol. The molecular formula is C23H20ClNO2. The number of carbonyl (C=O) groups is 2. The van der Waals surface area contributed by atoms with E-state index < -0.39 is 0 Å². The number of nitrogens with one attached hydrogen (secondary N) is 1. The number of rotatable bonds is 5. The third-order valence-electron chi connectivity index (χ3n) is 4.48. The second-order valence-electron chi connectivity index (χ2n) is 6.50. The molecule has 0 saturated carbocycles. The fourth-order valence-electron chi connectivity index (χ4n) is 2.92. The van der Waals surface area contributed by atoms with Gasteiger partial charge in [0.15, 0.2) is 5.78 Å². The fraction of sp³-hybridized carbons (Fsp3) is 0.130. The van der Waals surface area contributed by atoms with Gasteiger partial charge in [-0.25, -0.2) is 0 Å². The maximum Gasteiger partial charge on any atom is 0.257 e. The number of ketones is 1. The Balaban J connectivity index is 1.80. The maximum atomic E-state index is 12.6. The Morgan fingerprint density at radius 1 is 0.852 bits per heavy atom. The van der Waals surface area contributed by atoms with Crippen molar-refractivity contribution in [2.24, 2.45) is 0 Å². The van der Waals surface area contributed by atoms with Gasteiger partial charge in [-0.05, 0) is 48.7 Å². The van der Waals surface area contributed by atoms with Gasteiger partial charge in [0.1, 0.15) is 0 Å². The molecule has 0 fully saturated rings. The number of carbonyl (C=O) groups excluding carboxylic acids is 2. The van der Waals surface area contributed by atoms with Gasteiger partial charge in [0, 0.05) is 17.7 Å². The van der Waals surface area contributed by atoms with Gasteiger partial charge in [-0.1, -0.05) is 60.1 Å². The minimum atomic E-state index is -0.272. The van der Waals surface area contributed by atoms with E-state index in [2.05, 4.69) is 5.32 Å². The van der Waals surface area contributed by atoms with E-state index in [4.69, 9.17) is 11.6 Å². The number of hydrogen-bond acceptors (Lipinski definition) is 2. The van der Waals surface area contributed by atoms with Crippen LogP contribution in [0.25, 0.3) is 0 Å². The van der Waals surface area contributed by atoms with Gasteiger partial charge in [-0.3, -0.25) is 9.59 Å². The molecule has 3 rings (SSSR count). The lowest BCUT2D eigenvalue weighted by Gasteiger charge is -2.12. The molecule has 0 bridgehead atoms. The van der Waals surface area contributed by atoms with E-state index in [9.17, 15) is 9.59 Å². The van der Waals surface area contributed by atoms with Crippen LogP contribution >= 0.6 is 11.6 Å². The van der Waals surface area contributed by atoms with Gasteiger partial charge in [0.2, 0.25) is 0 Å². The Bertz CT molecular complexity index is 1010. The Hall–Kier alpha value is -2.91. The molecule has 3 nitrogen and oxygen atoms in total. The monoisotopic (exact) mass is 377 g/mol. The van der Waals surface area contributed by atoms with E-state index >= 15 is 0 Å². The van der Waals surface area contributed by atoms with Crippen molar-refractivity contribution < 1.29 is 9.59 Å². The van der Waals surface area contributed by atoms with E-state index in [0.717, 1.165) is 22.3 Å². The van der Waals surface area contributed by atoms with Crippen molar-refractivity contribution in [1.29, 1.82) is 0 Å². The molecule has 4 heteroatoms. The number of benzene rings is 3. The van der Waals surface area contributed by atoms with E-state index in [1.807, 2.05) is 56.3 Å². The van der Waals surface area contributed by atoms with Crippen LogP contribution < -0.4 is 5.32 Å². The van der Waals surface area contributed by atoms with Crippen molar-refractivity contribution in [1.82, 2.24) is 0 Å². The number of aryl methyl sites for hydroxylation is 2. The highest BCUT2D eigenvalue weighted by atomic mass is 35.5. The van der Waals surface area contributed by atoms with Crippen molar-refractivity contribution in [2.75, 3.05) is 5.32 Å². The van der Waals surface area contributed by atoms with Gasteiger partial charge in [0.05, 0.1) is 10.6 Å². The van der Waals surface area contributed by atoms with Gasteiger partial charge in [-0.2, -0.15) is 0 Å². The van der Waals surface area contributed by atoms with Gasteiger partial charge in [-0.15, -0.1) is 0 Å². The summed E-state index contributed by atoms with van der Waals surface area (Å²) in [6, 6.07) is 20.1. The highest BCUT2D eigenvalue weighted by Gasteiger charge is 2.13. The minimum absolute atomic E-state index is 0.0559. The fourth-order valence-corrected chi connectivity index (χ4v) is 3.14. The molecule has 3 aromatic carbocycles. The zero-order chi connectivity index (χ0) is 19.4. The predicted molar refractivity (Wildman–Crippen MR) is 110 cm³/mol. The molecule has 0 aliphatic heterocycles. The molecule has 0 aliphatic rings. The second kappa shape index (κ2) is 8.19. The summed E-state index contributed by atoms with van der Waals surface area (Å²) < 4.78 is 0. The third-order valence-corrected chi connectivity index (χ3v) is 4.81. The van der Waals surface area contributed by atoms with Crippen LogP contribution in [-0.4, -0.2) is 11.7 Å². The molecule has 0 atom stereocenters. The van der Waals surface area contributed by atoms with Gasteiger partial charge in [0.25, 0.3) is 5.91 Å². The highest BCUT2D eigenvalue weighted by molar-refractivity contribution is 6.34. The molecule has 3 aromatic rings. The largest absolute Gasteiger partial charge is 0.322 e. The number of amides is 1. The molecule has 0 unspecified atom stereocenters. The lowest BCUT2D eigenvalue weighted by atomic mass is 9.98. The van der Waals surface area contributed by atoms with Crippen LogP contribution in [0, 0.1) is 13.8 Å². The summed E-state index contributed by atoms with van der Waals surface area (Å²) in [6.07, 6.45) is 0.278. The van der Waals surface area contributed by atoms with Crippen LogP contribution in [0.4, 0.5) is 5.69 Å². The Kier molecular flexibility index (Phi) is 5.72. The first-order valence-corrected chi connectivity index (χ1v) is 9.08. The predicted octanol–water partition coefficient (Wildman–Crippen LogP) is 5.63. The van der Waals surface area contributed by atoms with Gasteiger partial charge < -0.3 is 5.32 Å². The first kappa shape index (κ1) is 18.9. The van der Waals surface area contributed by atoms with Crippen molar-refractivity contribution in [3.63, 3.8) is 0 Å². The normalized spacial score (nSPS) is 10.5. The lowest BCUT2D eigenvalue weighted by molar-refractivity contribution is 0.0991. The molecule has 0 spiro atoms. The van der Waals surface area contributed by atoms with Crippen LogP contribution in [0.3, 0.4) is 0 Å². The minimum Gasteiger partial charge on any atom is -0.322 e. The molecule has 0 aromatic heterocycles. The molecule has 1 N–H and O–H groups in total. The van der Waals surface area contributed by atoms with E-state index in [1.165, 1.54) is 0 Å². The second-order valence-corrected chi connectivity index (χ2v) is 6.91.